The number of hydrogen-bond acceptors (Lipinski definition) is 2. The molecule has 0 aromatic heterocycles. The van der Waals surface area contributed by atoms with Gasteiger partial charge in [0.1, 0.15) is 5.82 Å². The van der Waals surface area contributed by atoms with E-state index in [1.54, 1.807) is 0 Å². The van der Waals surface area contributed by atoms with E-state index in [0.29, 0.717) is 6.54 Å². The number of halogens is 2. The molecule has 0 N–H and O–H groups in total. The summed E-state index contributed by atoms with van der Waals surface area (Å²) in [6, 6.07) is 11.2. The van der Waals surface area contributed by atoms with Crippen molar-refractivity contribution in [3.05, 3.63) is 64.4 Å². The fourth-order valence-corrected chi connectivity index (χ4v) is 4.88. The smallest absolute Gasteiger partial charge is 0.207 e. The zero-order valence-corrected chi connectivity index (χ0v) is 14.2. The van der Waals surface area contributed by atoms with Gasteiger partial charge in [0, 0.05) is 6.54 Å². The molecule has 3 nitrogen and oxygen atoms in total. The van der Waals surface area contributed by atoms with Gasteiger partial charge < -0.3 is 0 Å². The summed E-state index contributed by atoms with van der Waals surface area (Å²) in [7, 11) is -3.70. The van der Waals surface area contributed by atoms with Crippen LogP contribution in [0.25, 0.3) is 0 Å². The highest BCUT2D eigenvalue weighted by atomic mass is 35.5. The van der Waals surface area contributed by atoms with Crippen LogP contribution in [0.15, 0.2) is 47.4 Å². The second-order valence-corrected chi connectivity index (χ2v) is 8.06. The standard InChI is InChI=1S/C17H17ClFNO2S/c1-12-4-6-13(7-5-12)17-3-2-10-20(17)23(21,22)14-8-9-16(19)15(18)11-14/h4-9,11,17H,2-3,10H2,1H3. The first-order valence-electron chi connectivity index (χ1n) is 7.43. The molecular formula is C17H17ClFNO2S. The molecule has 0 spiro atoms. The lowest BCUT2D eigenvalue weighted by atomic mass is 10.0. The lowest BCUT2D eigenvalue weighted by molar-refractivity contribution is 0.396. The summed E-state index contributed by atoms with van der Waals surface area (Å²) in [5.74, 6) is -0.623. The van der Waals surface area contributed by atoms with E-state index in [2.05, 4.69) is 0 Å². The van der Waals surface area contributed by atoms with Crippen molar-refractivity contribution in [1.82, 2.24) is 4.31 Å². The van der Waals surface area contributed by atoms with Crippen molar-refractivity contribution in [2.45, 2.75) is 30.7 Å². The fraction of sp³-hybridized carbons (Fsp3) is 0.294. The van der Waals surface area contributed by atoms with Gasteiger partial charge in [-0.25, -0.2) is 12.8 Å². The molecule has 0 radical (unpaired) electrons. The van der Waals surface area contributed by atoms with Crippen LogP contribution in [0, 0.1) is 12.7 Å². The Morgan fingerprint density at radius 2 is 1.87 bits per heavy atom. The number of nitrogens with zero attached hydrogens (tertiary/aromatic N) is 1. The van der Waals surface area contributed by atoms with Crippen molar-refractivity contribution in [1.29, 1.82) is 0 Å². The molecule has 1 atom stereocenters. The minimum atomic E-state index is -3.70. The van der Waals surface area contributed by atoms with Crippen molar-refractivity contribution in [3.63, 3.8) is 0 Å². The molecule has 3 rings (SSSR count). The highest BCUT2D eigenvalue weighted by Gasteiger charge is 2.36. The molecule has 1 saturated heterocycles. The molecule has 2 aromatic rings. The molecule has 122 valence electrons. The largest absolute Gasteiger partial charge is 0.243 e. The zero-order chi connectivity index (χ0) is 16.6. The van der Waals surface area contributed by atoms with Gasteiger partial charge in [0.05, 0.1) is 16.0 Å². The summed E-state index contributed by atoms with van der Waals surface area (Å²) < 4.78 is 40.6. The maximum atomic E-state index is 13.3. The molecule has 23 heavy (non-hydrogen) atoms. The van der Waals surface area contributed by atoms with Crippen LogP contribution in [0.5, 0.6) is 0 Å². The van der Waals surface area contributed by atoms with Crippen molar-refractivity contribution < 1.29 is 12.8 Å². The topological polar surface area (TPSA) is 37.4 Å². The molecular weight excluding hydrogens is 337 g/mol. The van der Waals surface area contributed by atoms with E-state index in [1.807, 2.05) is 31.2 Å². The van der Waals surface area contributed by atoms with E-state index in [-0.39, 0.29) is 16.0 Å². The lowest BCUT2D eigenvalue weighted by Gasteiger charge is -2.24. The predicted molar refractivity (Wildman–Crippen MR) is 88.5 cm³/mol. The van der Waals surface area contributed by atoms with Gasteiger partial charge in [0.2, 0.25) is 10.0 Å². The van der Waals surface area contributed by atoms with Crippen LogP contribution >= 0.6 is 11.6 Å². The molecule has 0 bridgehead atoms. The third-order valence-corrected chi connectivity index (χ3v) is 6.36. The Morgan fingerprint density at radius 1 is 1.17 bits per heavy atom. The van der Waals surface area contributed by atoms with E-state index >= 15 is 0 Å². The molecule has 0 saturated carbocycles. The summed E-state index contributed by atoms with van der Waals surface area (Å²) in [6.45, 7) is 2.45. The normalized spacial score (nSPS) is 19.2. The van der Waals surface area contributed by atoms with Gasteiger partial charge in [-0.15, -0.1) is 0 Å². The highest BCUT2D eigenvalue weighted by molar-refractivity contribution is 7.89. The van der Waals surface area contributed by atoms with Crippen LogP contribution in [0.1, 0.15) is 30.0 Å². The third-order valence-electron chi connectivity index (χ3n) is 4.16. The molecule has 2 aromatic carbocycles. The van der Waals surface area contributed by atoms with Crippen molar-refractivity contribution >= 4 is 21.6 Å². The molecule has 0 amide bonds. The Bertz CT molecular complexity index is 821. The van der Waals surface area contributed by atoms with Gasteiger partial charge in [0.25, 0.3) is 0 Å². The van der Waals surface area contributed by atoms with E-state index in [0.717, 1.165) is 30.0 Å². The summed E-state index contributed by atoms with van der Waals surface area (Å²) in [6.07, 6.45) is 1.57. The van der Waals surface area contributed by atoms with Crippen LogP contribution in [0.3, 0.4) is 0 Å². The maximum absolute atomic E-state index is 13.3. The third kappa shape index (κ3) is 3.13. The van der Waals surface area contributed by atoms with Crippen molar-refractivity contribution in [2.24, 2.45) is 0 Å². The van der Waals surface area contributed by atoms with Crippen molar-refractivity contribution in [2.75, 3.05) is 6.54 Å². The minimum Gasteiger partial charge on any atom is -0.207 e. The number of benzene rings is 2. The van der Waals surface area contributed by atoms with Crippen LogP contribution < -0.4 is 0 Å². The number of rotatable bonds is 3. The SMILES string of the molecule is Cc1ccc(C2CCCN2S(=O)(=O)c2ccc(F)c(Cl)c2)cc1. The van der Waals surface area contributed by atoms with Gasteiger partial charge in [-0.1, -0.05) is 41.4 Å². The van der Waals surface area contributed by atoms with Crippen LogP contribution in [0.4, 0.5) is 4.39 Å². The van der Waals surface area contributed by atoms with Gasteiger partial charge in [-0.2, -0.15) is 4.31 Å². The van der Waals surface area contributed by atoms with E-state index in [4.69, 9.17) is 11.6 Å². The van der Waals surface area contributed by atoms with Crippen LogP contribution in [-0.4, -0.2) is 19.3 Å². The first kappa shape index (κ1) is 16.4. The summed E-state index contributed by atoms with van der Waals surface area (Å²) in [5, 5.41) is -0.183. The molecule has 1 heterocycles. The molecule has 6 heteroatoms. The second-order valence-electron chi connectivity index (χ2n) is 5.76. The Kier molecular flexibility index (Phi) is 4.45. The monoisotopic (exact) mass is 353 g/mol. The Morgan fingerprint density at radius 3 is 2.52 bits per heavy atom. The zero-order valence-electron chi connectivity index (χ0n) is 12.7. The molecule has 1 aliphatic rings. The fourth-order valence-electron chi connectivity index (χ4n) is 2.92. The highest BCUT2D eigenvalue weighted by Crippen LogP contribution is 2.37. The predicted octanol–water partition coefficient (Wildman–Crippen LogP) is 4.31. The van der Waals surface area contributed by atoms with E-state index in [1.165, 1.54) is 16.4 Å². The molecule has 1 unspecified atom stereocenters. The van der Waals surface area contributed by atoms with Gasteiger partial charge in [-0.05, 0) is 43.5 Å². The lowest BCUT2D eigenvalue weighted by Crippen LogP contribution is -2.30. The first-order valence-corrected chi connectivity index (χ1v) is 9.25. The molecule has 0 aliphatic carbocycles. The van der Waals surface area contributed by atoms with E-state index in [9.17, 15) is 12.8 Å². The number of aryl methyl sites for hydroxylation is 1. The summed E-state index contributed by atoms with van der Waals surface area (Å²) in [4.78, 5) is 0.0305. The summed E-state index contributed by atoms with van der Waals surface area (Å²) >= 11 is 5.74. The molecule has 1 fully saturated rings. The average molecular weight is 354 g/mol. The Labute approximate surface area is 140 Å². The second kappa shape index (κ2) is 6.23. The van der Waals surface area contributed by atoms with E-state index < -0.39 is 15.8 Å². The quantitative estimate of drug-likeness (QED) is 0.824. The van der Waals surface area contributed by atoms with Gasteiger partial charge >= 0.3 is 0 Å². The Hall–Kier alpha value is -1.43. The maximum Gasteiger partial charge on any atom is 0.243 e. The van der Waals surface area contributed by atoms with Gasteiger partial charge in [-0.3, -0.25) is 0 Å². The number of hydrogen-bond donors (Lipinski definition) is 0. The van der Waals surface area contributed by atoms with Gasteiger partial charge in [0.15, 0.2) is 0 Å². The average Bonchev–Trinajstić information content (AvgIpc) is 3.01. The Balaban J connectivity index is 1.97. The first-order chi connectivity index (χ1) is 10.9. The summed E-state index contributed by atoms with van der Waals surface area (Å²) in [5.41, 5.74) is 2.11. The van der Waals surface area contributed by atoms with Crippen LogP contribution in [-0.2, 0) is 10.0 Å². The van der Waals surface area contributed by atoms with Crippen molar-refractivity contribution in [3.8, 4) is 0 Å². The minimum absolute atomic E-state index is 0.0305. The van der Waals surface area contributed by atoms with Crippen LogP contribution in [0.2, 0.25) is 5.02 Å². The number of sulfonamides is 1. The molecule has 1 aliphatic heterocycles.